The SMILES string of the molecule is [CH2]C(OCC)(OOC(C)(C)C)OC(=O)C(=C)C. The maximum atomic E-state index is 11.4. The summed E-state index contributed by atoms with van der Waals surface area (Å²) >= 11 is 0. The zero-order valence-electron chi connectivity index (χ0n) is 11.2. The van der Waals surface area contributed by atoms with Crippen molar-refractivity contribution in [1.82, 2.24) is 0 Å². The van der Waals surface area contributed by atoms with Gasteiger partial charge in [0.1, 0.15) is 0 Å². The van der Waals surface area contributed by atoms with E-state index in [0.717, 1.165) is 0 Å². The van der Waals surface area contributed by atoms with Crippen LogP contribution in [0.3, 0.4) is 0 Å². The highest BCUT2D eigenvalue weighted by atomic mass is 17.3. The molecule has 0 rings (SSSR count). The van der Waals surface area contributed by atoms with E-state index in [-0.39, 0.29) is 12.2 Å². The summed E-state index contributed by atoms with van der Waals surface area (Å²) in [5, 5.41) is 0. The van der Waals surface area contributed by atoms with E-state index in [1.165, 1.54) is 6.92 Å². The summed E-state index contributed by atoms with van der Waals surface area (Å²) in [6, 6.07) is 0. The van der Waals surface area contributed by atoms with Gasteiger partial charge >= 0.3 is 11.9 Å². The fourth-order valence-electron chi connectivity index (χ4n) is 0.707. The van der Waals surface area contributed by atoms with E-state index in [2.05, 4.69) is 13.5 Å². The fourth-order valence-corrected chi connectivity index (χ4v) is 0.707. The summed E-state index contributed by atoms with van der Waals surface area (Å²) in [6.07, 6.45) is 0. The first-order valence-corrected chi connectivity index (χ1v) is 5.34. The highest BCUT2D eigenvalue weighted by molar-refractivity contribution is 5.87. The van der Waals surface area contributed by atoms with Gasteiger partial charge in [0, 0.05) is 5.57 Å². The smallest absolute Gasteiger partial charge is 0.357 e. The zero-order chi connectivity index (χ0) is 13.7. The summed E-state index contributed by atoms with van der Waals surface area (Å²) in [5.74, 6) is -2.48. The van der Waals surface area contributed by atoms with Crippen molar-refractivity contribution in [1.29, 1.82) is 0 Å². The summed E-state index contributed by atoms with van der Waals surface area (Å²) in [4.78, 5) is 21.4. The van der Waals surface area contributed by atoms with E-state index >= 15 is 0 Å². The molecule has 1 atom stereocenters. The number of carbonyl (C=O) groups is 1. The van der Waals surface area contributed by atoms with Crippen LogP contribution < -0.4 is 0 Å². The Labute approximate surface area is 103 Å². The molecule has 0 aliphatic rings. The van der Waals surface area contributed by atoms with Crippen molar-refractivity contribution in [3.63, 3.8) is 0 Å². The molecule has 0 fully saturated rings. The Hall–Kier alpha value is -0.910. The Bertz CT molecular complexity index is 279. The molecule has 5 heteroatoms. The third-order valence-electron chi connectivity index (χ3n) is 1.38. The van der Waals surface area contributed by atoms with E-state index in [1.54, 1.807) is 27.7 Å². The summed E-state index contributed by atoms with van der Waals surface area (Å²) in [5.41, 5.74) is -0.354. The molecule has 0 N–H and O–H groups in total. The van der Waals surface area contributed by atoms with Crippen LogP contribution in [-0.2, 0) is 24.0 Å². The summed E-state index contributed by atoms with van der Waals surface area (Å²) < 4.78 is 10.0. The molecule has 0 aromatic carbocycles. The van der Waals surface area contributed by atoms with Gasteiger partial charge in [0.2, 0.25) is 0 Å². The number of carbonyl (C=O) groups excluding carboxylic acids is 1. The van der Waals surface area contributed by atoms with Crippen molar-refractivity contribution >= 4 is 5.97 Å². The normalized spacial score (nSPS) is 15.2. The van der Waals surface area contributed by atoms with Gasteiger partial charge in [0.25, 0.3) is 0 Å². The second kappa shape index (κ2) is 6.14. The van der Waals surface area contributed by atoms with E-state index in [9.17, 15) is 4.79 Å². The monoisotopic (exact) mass is 245 g/mol. The van der Waals surface area contributed by atoms with Gasteiger partial charge in [0.15, 0.2) is 0 Å². The average Bonchev–Trinajstić information content (AvgIpc) is 2.14. The lowest BCUT2D eigenvalue weighted by Crippen LogP contribution is -2.41. The van der Waals surface area contributed by atoms with Crippen LogP contribution in [0.15, 0.2) is 12.2 Å². The molecule has 1 unspecified atom stereocenters. The van der Waals surface area contributed by atoms with Gasteiger partial charge < -0.3 is 9.47 Å². The maximum absolute atomic E-state index is 11.4. The second-order valence-corrected chi connectivity index (χ2v) is 4.56. The number of ether oxygens (including phenoxy) is 2. The third kappa shape index (κ3) is 7.10. The van der Waals surface area contributed by atoms with Crippen molar-refractivity contribution in [3.05, 3.63) is 19.1 Å². The van der Waals surface area contributed by atoms with Gasteiger partial charge in [-0.3, -0.25) is 0 Å². The molecule has 1 radical (unpaired) electrons. The molecule has 0 aromatic heterocycles. The second-order valence-electron chi connectivity index (χ2n) is 4.56. The molecule has 0 bridgehead atoms. The van der Waals surface area contributed by atoms with E-state index in [4.69, 9.17) is 19.2 Å². The molecule has 0 aliphatic carbocycles. The number of hydrogen-bond donors (Lipinski definition) is 0. The molecule has 0 saturated heterocycles. The minimum atomic E-state index is -1.82. The highest BCUT2D eigenvalue weighted by Crippen LogP contribution is 2.20. The van der Waals surface area contributed by atoms with E-state index in [1.807, 2.05) is 0 Å². The molecule has 0 spiro atoms. The quantitative estimate of drug-likeness (QED) is 0.236. The van der Waals surface area contributed by atoms with Crippen molar-refractivity contribution in [3.8, 4) is 0 Å². The minimum absolute atomic E-state index is 0.220. The number of rotatable bonds is 6. The number of esters is 1. The van der Waals surface area contributed by atoms with Crippen LogP contribution in [0.2, 0.25) is 0 Å². The van der Waals surface area contributed by atoms with Gasteiger partial charge in [-0.1, -0.05) is 6.58 Å². The Balaban J connectivity index is 4.56. The largest absolute Gasteiger partial charge is 0.402 e. The molecule has 5 nitrogen and oxygen atoms in total. The summed E-state index contributed by atoms with van der Waals surface area (Å²) in [6.45, 7) is 15.8. The van der Waals surface area contributed by atoms with Gasteiger partial charge in [-0.15, -0.1) is 0 Å². The van der Waals surface area contributed by atoms with Crippen LogP contribution in [0.5, 0.6) is 0 Å². The first-order valence-electron chi connectivity index (χ1n) is 5.34. The van der Waals surface area contributed by atoms with E-state index in [0.29, 0.717) is 0 Å². The predicted octanol–water partition coefficient (Wildman–Crippen LogP) is 2.38. The van der Waals surface area contributed by atoms with Crippen LogP contribution in [0, 0.1) is 6.92 Å². The van der Waals surface area contributed by atoms with Crippen LogP contribution >= 0.6 is 0 Å². The fraction of sp³-hybridized carbons (Fsp3) is 0.667. The molecule has 99 valence electrons. The van der Waals surface area contributed by atoms with Crippen LogP contribution in [0.4, 0.5) is 0 Å². The van der Waals surface area contributed by atoms with Crippen molar-refractivity contribution < 1.29 is 24.0 Å². The van der Waals surface area contributed by atoms with Gasteiger partial charge in [0.05, 0.1) is 19.1 Å². The van der Waals surface area contributed by atoms with Crippen LogP contribution in [0.25, 0.3) is 0 Å². The lowest BCUT2D eigenvalue weighted by molar-refractivity contribution is -0.499. The van der Waals surface area contributed by atoms with Gasteiger partial charge in [-0.05, 0) is 34.6 Å². The molecule has 0 aliphatic heterocycles. The first-order chi connectivity index (χ1) is 7.59. The molecular weight excluding hydrogens is 224 g/mol. The van der Waals surface area contributed by atoms with Gasteiger partial charge in [-0.25, -0.2) is 9.68 Å². The van der Waals surface area contributed by atoms with Gasteiger partial charge in [-0.2, -0.15) is 4.89 Å². The molecule has 0 saturated carbocycles. The summed E-state index contributed by atoms with van der Waals surface area (Å²) in [7, 11) is 0. The Morgan fingerprint density at radius 3 is 2.12 bits per heavy atom. The lowest BCUT2D eigenvalue weighted by atomic mass is 10.2. The molecule has 0 amide bonds. The number of hydrogen-bond acceptors (Lipinski definition) is 5. The standard InChI is InChI=1S/C12H21O5/c1-8-14-12(7,15-10(13)9(2)3)17-16-11(4,5)6/h2,7-8H2,1,3-6H3. The topological polar surface area (TPSA) is 54.0 Å². The zero-order valence-corrected chi connectivity index (χ0v) is 11.2. The predicted molar refractivity (Wildman–Crippen MR) is 62.5 cm³/mol. The molecule has 17 heavy (non-hydrogen) atoms. The Morgan fingerprint density at radius 2 is 1.76 bits per heavy atom. The third-order valence-corrected chi connectivity index (χ3v) is 1.38. The first kappa shape index (κ1) is 16.1. The Kier molecular flexibility index (Phi) is 5.81. The highest BCUT2D eigenvalue weighted by Gasteiger charge is 2.34. The van der Waals surface area contributed by atoms with Crippen molar-refractivity contribution in [2.45, 2.75) is 46.2 Å². The minimum Gasteiger partial charge on any atom is -0.402 e. The lowest BCUT2D eigenvalue weighted by Gasteiger charge is -2.30. The van der Waals surface area contributed by atoms with Crippen LogP contribution in [0.1, 0.15) is 34.6 Å². The Morgan fingerprint density at radius 1 is 1.24 bits per heavy atom. The van der Waals surface area contributed by atoms with Crippen molar-refractivity contribution in [2.75, 3.05) is 6.61 Å². The van der Waals surface area contributed by atoms with Crippen molar-refractivity contribution in [2.24, 2.45) is 0 Å². The molecule has 0 aromatic rings. The average molecular weight is 245 g/mol. The van der Waals surface area contributed by atoms with Crippen LogP contribution in [-0.4, -0.2) is 24.2 Å². The molecular formula is C12H21O5. The molecule has 0 heterocycles. The van der Waals surface area contributed by atoms with E-state index < -0.39 is 17.5 Å². The maximum Gasteiger partial charge on any atom is 0.357 e.